The molecule has 0 atom stereocenters. The molecule has 3 aromatic carbocycles. The molecule has 194 valence electrons. The summed E-state index contributed by atoms with van der Waals surface area (Å²) >= 11 is 0. The molecule has 3 aromatic rings. The SMILES string of the molecule is CN(C)CCN(C)CC(=O)N(C)c1ccc(NC(=C2C(=O)Nc3cc(C#N)ccc32)c2ccccc2)cc1. The zero-order valence-electron chi connectivity index (χ0n) is 22.2. The molecule has 0 bridgehead atoms. The summed E-state index contributed by atoms with van der Waals surface area (Å²) in [7, 11) is 7.74. The fourth-order valence-corrected chi connectivity index (χ4v) is 4.22. The van der Waals surface area contributed by atoms with Crippen LogP contribution in [-0.4, -0.2) is 69.4 Å². The monoisotopic (exact) mass is 508 g/mol. The minimum absolute atomic E-state index is 0.00929. The van der Waals surface area contributed by atoms with Crippen LogP contribution in [-0.2, 0) is 9.59 Å². The predicted molar refractivity (Wildman–Crippen MR) is 153 cm³/mol. The highest BCUT2D eigenvalue weighted by atomic mass is 16.2. The van der Waals surface area contributed by atoms with E-state index in [1.165, 1.54) is 0 Å². The summed E-state index contributed by atoms with van der Waals surface area (Å²) in [5.41, 5.74) is 5.41. The van der Waals surface area contributed by atoms with Gasteiger partial charge in [0.15, 0.2) is 0 Å². The number of benzene rings is 3. The Hall–Kier alpha value is -4.45. The Morgan fingerprint density at radius 3 is 2.32 bits per heavy atom. The predicted octanol–water partition coefficient (Wildman–Crippen LogP) is 3.95. The molecule has 4 rings (SSSR count). The maximum Gasteiger partial charge on any atom is 0.258 e. The molecule has 1 heterocycles. The van der Waals surface area contributed by atoms with Gasteiger partial charge in [-0.3, -0.25) is 14.5 Å². The summed E-state index contributed by atoms with van der Waals surface area (Å²) in [6.45, 7) is 2.02. The number of likely N-dealkylation sites (N-methyl/N-ethyl adjacent to an activating group) is 3. The zero-order chi connectivity index (χ0) is 27.2. The molecule has 8 nitrogen and oxygen atoms in total. The van der Waals surface area contributed by atoms with E-state index in [1.807, 2.05) is 80.6 Å². The molecular weight excluding hydrogens is 476 g/mol. The molecule has 0 fully saturated rings. The van der Waals surface area contributed by atoms with Gasteiger partial charge in [-0.1, -0.05) is 36.4 Å². The average Bonchev–Trinajstić information content (AvgIpc) is 3.25. The minimum atomic E-state index is -0.234. The second-order valence-corrected chi connectivity index (χ2v) is 9.61. The van der Waals surface area contributed by atoms with E-state index in [9.17, 15) is 14.9 Å². The molecular formula is C30H32N6O2. The van der Waals surface area contributed by atoms with E-state index >= 15 is 0 Å². The van der Waals surface area contributed by atoms with Crippen molar-refractivity contribution in [3.05, 3.63) is 89.5 Å². The molecule has 0 aliphatic carbocycles. The van der Waals surface area contributed by atoms with Gasteiger partial charge in [-0.05, 0) is 63.1 Å². The summed E-state index contributed by atoms with van der Waals surface area (Å²) in [4.78, 5) is 31.6. The molecule has 2 amide bonds. The van der Waals surface area contributed by atoms with Gasteiger partial charge < -0.3 is 20.4 Å². The van der Waals surface area contributed by atoms with E-state index in [2.05, 4.69) is 21.6 Å². The van der Waals surface area contributed by atoms with Crippen molar-refractivity contribution in [2.24, 2.45) is 0 Å². The van der Waals surface area contributed by atoms with Crippen molar-refractivity contribution in [1.29, 1.82) is 5.26 Å². The molecule has 1 aliphatic heterocycles. The third kappa shape index (κ3) is 6.09. The number of rotatable bonds is 9. The second kappa shape index (κ2) is 11.7. The highest BCUT2D eigenvalue weighted by molar-refractivity contribution is 6.37. The van der Waals surface area contributed by atoms with Crippen molar-refractivity contribution in [2.45, 2.75) is 0 Å². The third-order valence-electron chi connectivity index (χ3n) is 6.44. The highest BCUT2D eigenvalue weighted by Gasteiger charge is 2.28. The summed E-state index contributed by atoms with van der Waals surface area (Å²) in [6.07, 6.45) is 0. The molecule has 0 aromatic heterocycles. The van der Waals surface area contributed by atoms with Gasteiger partial charge in [0.2, 0.25) is 5.91 Å². The van der Waals surface area contributed by atoms with Crippen molar-refractivity contribution < 1.29 is 9.59 Å². The smallest absolute Gasteiger partial charge is 0.258 e. The molecule has 2 N–H and O–H groups in total. The molecule has 0 radical (unpaired) electrons. The van der Waals surface area contributed by atoms with Crippen molar-refractivity contribution in [3.63, 3.8) is 0 Å². The number of anilines is 3. The molecule has 8 heteroatoms. The number of carbonyl (C=O) groups excluding carboxylic acids is 2. The van der Waals surface area contributed by atoms with Gasteiger partial charge in [-0.2, -0.15) is 5.26 Å². The lowest BCUT2D eigenvalue weighted by Gasteiger charge is -2.23. The minimum Gasteiger partial charge on any atom is -0.354 e. The number of carbonyl (C=O) groups is 2. The van der Waals surface area contributed by atoms with Gasteiger partial charge >= 0.3 is 0 Å². The number of nitriles is 1. The molecule has 38 heavy (non-hydrogen) atoms. The number of hydrogen-bond donors (Lipinski definition) is 2. The van der Waals surface area contributed by atoms with E-state index < -0.39 is 0 Å². The first kappa shape index (κ1) is 26.6. The fraction of sp³-hybridized carbons (Fsp3) is 0.233. The third-order valence-corrected chi connectivity index (χ3v) is 6.44. The maximum atomic E-state index is 13.1. The van der Waals surface area contributed by atoms with Crippen LogP contribution in [0, 0.1) is 11.3 Å². The molecule has 0 unspecified atom stereocenters. The van der Waals surface area contributed by atoms with E-state index in [0.717, 1.165) is 35.6 Å². The van der Waals surface area contributed by atoms with Crippen LogP contribution in [0.15, 0.2) is 72.8 Å². The van der Waals surface area contributed by atoms with Crippen LogP contribution < -0.4 is 15.5 Å². The van der Waals surface area contributed by atoms with Gasteiger partial charge in [-0.25, -0.2) is 0 Å². The van der Waals surface area contributed by atoms with Crippen LogP contribution in [0.2, 0.25) is 0 Å². The molecule has 0 saturated carbocycles. The first-order valence-electron chi connectivity index (χ1n) is 12.4. The topological polar surface area (TPSA) is 91.7 Å². The van der Waals surface area contributed by atoms with Gasteiger partial charge in [0.1, 0.15) is 0 Å². The lowest BCUT2D eigenvalue weighted by atomic mass is 9.99. The zero-order valence-corrected chi connectivity index (χ0v) is 22.2. The molecule has 0 spiro atoms. The number of amides is 2. The average molecular weight is 509 g/mol. The Labute approximate surface area is 223 Å². The second-order valence-electron chi connectivity index (χ2n) is 9.61. The lowest BCUT2D eigenvalue weighted by molar-refractivity contribution is -0.119. The number of hydrogen-bond acceptors (Lipinski definition) is 6. The Balaban J connectivity index is 1.58. The quantitative estimate of drug-likeness (QED) is 0.426. The summed E-state index contributed by atoms with van der Waals surface area (Å²) in [5.74, 6) is -0.225. The van der Waals surface area contributed by atoms with Gasteiger partial charge in [-0.15, -0.1) is 0 Å². The molecule has 1 aliphatic rings. The Kier molecular flexibility index (Phi) is 8.22. The number of fused-ring (bicyclic) bond motifs is 1. The first-order chi connectivity index (χ1) is 18.3. The van der Waals surface area contributed by atoms with Crippen LogP contribution >= 0.6 is 0 Å². The number of nitrogens with zero attached hydrogens (tertiary/aromatic N) is 4. The Morgan fingerprint density at radius 2 is 1.66 bits per heavy atom. The molecule has 0 saturated heterocycles. The van der Waals surface area contributed by atoms with Crippen LogP contribution in [0.1, 0.15) is 16.7 Å². The first-order valence-corrected chi connectivity index (χ1v) is 12.4. The fourth-order valence-electron chi connectivity index (χ4n) is 4.22. The van der Waals surface area contributed by atoms with Crippen LogP contribution in [0.4, 0.5) is 17.1 Å². The maximum absolute atomic E-state index is 13.1. The largest absolute Gasteiger partial charge is 0.354 e. The van der Waals surface area contributed by atoms with E-state index in [1.54, 1.807) is 30.1 Å². The number of nitrogens with one attached hydrogen (secondary N) is 2. The van der Waals surface area contributed by atoms with Gasteiger partial charge in [0.25, 0.3) is 5.91 Å². The van der Waals surface area contributed by atoms with Crippen LogP contribution in [0.5, 0.6) is 0 Å². The van der Waals surface area contributed by atoms with E-state index in [4.69, 9.17) is 0 Å². The van der Waals surface area contributed by atoms with Crippen molar-refractivity contribution in [3.8, 4) is 6.07 Å². The summed E-state index contributed by atoms with van der Waals surface area (Å²) < 4.78 is 0. The summed E-state index contributed by atoms with van der Waals surface area (Å²) in [6, 6.07) is 24.5. The normalized spacial score (nSPS) is 13.7. The standard InChI is InChI=1S/C30H32N6O2/c1-34(2)16-17-35(3)20-27(37)36(4)24-13-11-23(12-14-24)32-29(22-8-6-5-7-9-22)28-25-15-10-21(19-31)18-26(25)33-30(28)38/h5-15,18,32H,16-17,20H2,1-4H3,(H,33,38). The van der Waals surface area contributed by atoms with Gasteiger partial charge in [0.05, 0.1) is 35.1 Å². The van der Waals surface area contributed by atoms with Crippen LogP contribution in [0.25, 0.3) is 11.3 Å². The summed E-state index contributed by atoms with van der Waals surface area (Å²) in [5, 5.41) is 15.6. The lowest BCUT2D eigenvalue weighted by Crippen LogP contribution is -2.39. The van der Waals surface area contributed by atoms with Gasteiger partial charge in [0, 0.05) is 37.1 Å². The van der Waals surface area contributed by atoms with E-state index in [-0.39, 0.29) is 11.8 Å². The Bertz CT molecular complexity index is 1390. The van der Waals surface area contributed by atoms with E-state index in [0.29, 0.717) is 29.1 Å². The van der Waals surface area contributed by atoms with Crippen molar-refractivity contribution in [2.75, 3.05) is 63.4 Å². The Morgan fingerprint density at radius 1 is 0.947 bits per heavy atom. The van der Waals surface area contributed by atoms with Crippen molar-refractivity contribution in [1.82, 2.24) is 9.80 Å². The van der Waals surface area contributed by atoms with Crippen molar-refractivity contribution >= 4 is 40.1 Å². The highest BCUT2D eigenvalue weighted by Crippen LogP contribution is 2.38. The van der Waals surface area contributed by atoms with Crippen LogP contribution in [0.3, 0.4) is 0 Å².